The Labute approximate surface area is 160 Å². The number of aryl methyl sites for hydroxylation is 2. The SMILES string of the molecule is CN=C(NCc1ccc(C)c(F)c1)NCc1ccc(C)cc1OCCOC. The summed E-state index contributed by atoms with van der Waals surface area (Å²) >= 11 is 0. The third kappa shape index (κ3) is 6.57. The highest BCUT2D eigenvalue weighted by atomic mass is 19.1. The van der Waals surface area contributed by atoms with E-state index in [0.29, 0.717) is 37.8 Å². The van der Waals surface area contributed by atoms with Gasteiger partial charge in [0.2, 0.25) is 0 Å². The zero-order chi connectivity index (χ0) is 19.6. The molecule has 0 saturated carbocycles. The van der Waals surface area contributed by atoms with E-state index in [1.165, 1.54) is 6.07 Å². The van der Waals surface area contributed by atoms with Gasteiger partial charge in [-0.05, 0) is 42.7 Å². The average molecular weight is 373 g/mol. The molecule has 0 atom stereocenters. The average Bonchev–Trinajstić information content (AvgIpc) is 2.66. The fourth-order valence-corrected chi connectivity index (χ4v) is 2.51. The summed E-state index contributed by atoms with van der Waals surface area (Å²) in [7, 11) is 3.36. The van der Waals surface area contributed by atoms with Crippen LogP contribution in [0.25, 0.3) is 0 Å². The van der Waals surface area contributed by atoms with Gasteiger partial charge in [-0.1, -0.05) is 24.3 Å². The third-order valence-electron chi connectivity index (χ3n) is 4.13. The Hall–Kier alpha value is -2.60. The molecule has 2 aromatic carbocycles. The maximum atomic E-state index is 13.7. The molecule has 0 aliphatic carbocycles. The summed E-state index contributed by atoms with van der Waals surface area (Å²) in [6.45, 7) is 5.87. The highest BCUT2D eigenvalue weighted by Gasteiger charge is 2.07. The topological polar surface area (TPSA) is 54.9 Å². The number of hydrogen-bond donors (Lipinski definition) is 2. The van der Waals surface area contributed by atoms with Gasteiger partial charge in [0.05, 0.1) is 6.61 Å². The van der Waals surface area contributed by atoms with E-state index in [-0.39, 0.29) is 5.82 Å². The van der Waals surface area contributed by atoms with Crippen molar-refractivity contribution in [3.63, 3.8) is 0 Å². The molecule has 2 aromatic rings. The normalized spacial score (nSPS) is 11.4. The smallest absolute Gasteiger partial charge is 0.191 e. The second kappa shape index (κ2) is 10.5. The standard InChI is InChI=1S/C21H28FN3O2/c1-15-5-8-18(20(11-15)27-10-9-26-4)14-25-21(23-3)24-13-17-7-6-16(2)19(22)12-17/h5-8,11-12H,9-10,13-14H2,1-4H3,(H2,23,24,25). The number of methoxy groups -OCH3 is 1. The monoisotopic (exact) mass is 373 g/mol. The molecule has 0 aliphatic rings. The Kier molecular flexibility index (Phi) is 8.07. The zero-order valence-electron chi connectivity index (χ0n) is 16.4. The fourth-order valence-electron chi connectivity index (χ4n) is 2.51. The van der Waals surface area contributed by atoms with Crippen LogP contribution < -0.4 is 15.4 Å². The summed E-state index contributed by atoms with van der Waals surface area (Å²) in [5.41, 5.74) is 3.66. The Bertz CT molecular complexity index is 778. The van der Waals surface area contributed by atoms with Gasteiger partial charge in [0.15, 0.2) is 5.96 Å². The molecule has 6 heteroatoms. The highest BCUT2D eigenvalue weighted by Crippen LogP contribution is 2.20. The predicted octanol–water partition coefficient (Wildman–Crippen LogP) is 3.33. The number of rotatable bonds is 8. The molecule has 5 nitrogen and oxygen atoms in total. The Balaban J connectivity index is 1.94. The number of nitrogens with one attached hydrogen (secondary N) is 2. The summed E-state index contributed by atoms with van der Waals surface area (Å²) in [4.78, 5) is 4.22. The van der Waals surface area contributed by atoms with E-state index in [1.54, 1.807) is 27.1 Å². The lowest BCUT2D eigenvalue weighted by atomic mass is 10.1. The fraction of sp³-hybridized carbons (Fsp3) is 0.381. The summed E-state index contributed by atoms with van der Waals surface area (Å²) < 4.78 is 24.5. The lowest BCUT2D eigenvalue weighted by molar-refractivity contribution is 0.145. The van der Waals surface area contributed by atoms with Crippen molar-refractivity contribution in [1.29, 1.82) is 0 Å². The quantitative estimate of drug-likeness (QED) is 0.423. The van der Waals surface area contributed by atoms with Gasteiger partial charge in [-0.25, -0.2) is 4.39 Å². The minimum absolute atomic E-state index is 0.199. The van der Waals surface area contributed by atoms with E-state index in [4.69, 9.17) is 9.47 Å². The zero-order valence-corrected chi connectivity index (χ0v) is 16.4. The molecule has 0 aromatic heterocycles. The van der Waals surface area contributed by atoms with Crippen molar-refractivity contribution in [2.24, 2.45) is 4.99 Å². The lowest BCUT2D eigenvalue weighted by Gasteiger charge is -2.15. The van der Waals surface area contributed by atoms with Crippen LogP contribution in [0.3, 0.4) is 0 Å². The first kappa shape index (κ1) is 20.7. The number of aliphatic imine (C=N–C) groups is 1. The molecule has 0 heterocycles. The van der Waals surface area contributed by atoms with Gasteiger partial charge in [0.1, 0.15) is 18.2 Å². The van der Waals surface area contributed by atoms with Crippen LogP contribution in [-0.4, -0.2) is 33.3 Å². The summed E-state index contributed by atoms with van der Waals surface area (Å²) in [5.74, 6) is 1.27. The van der Waals surface area contributed by atoms with Gasteiger partial charge in [0, 0.05) is 32.8 Å². The second-order valence-corrected chi connectivity index (χ2v) is 6.32. The van der Waals surface area contributed by atoms with Crippen LogP contribution in [0.4, 0.5) is 4.39 Å². The molecule has 0 saturated heterocycles. The van der Waals surface area contributed by atoms with E-state index >= 15 is 0 Å². The van der Waals surface area contributed by atoms with Crippen molar-refractivity contribution in [3.8, 4) is 5.75 Å². The first-order valence-corrected chi connectivity index (χ1v) is 8.94. The maximum Gasteiger partial charge on any atom is 0.191 e. The van der Waals surface area contributed by atoms with Crippen molar-refractivity contribution >= 4 is 5.96 Å². The summed E-state index contributed by atoms with van der Waals surface area (Å²) in [5, 5.41) is 6.46. The molecule has 0 radical (unpaired) electrons. The van der Waals surface area contributed by atoms with Crippen LogP contribution in [0.1, 0.15) is 22.3 Å². The third-order valence-corrected chi connectivity index (χ3v) is 4.13. The number of halogens is 1. The molecule has 0 amide bonds. The first-order valence-electron chi connectivity index (χ1n) is 8.94. The van der Waals surface area contributed by atoms with Crippen LogP contribution in [0.2, 0.25) is 0 Å². The van der Waals surface area contributed by atoms with Crippen LogP contribution in [0.5, 0.6) is 5.75 Å². The number of guanidine groups is 1. The van der Waals surface area contributed by atoms with Gasteiger partial charge in [0.25, 0.3) is 0 Å². The van der Waals surface area contributed by atoms with Crippen molar-refractivity contribution in [2.45, 2.75) is 26.9 Å². The molecule has 0 bridgehead atoms. The molecule has 0 fully saturated rings. The van der Waals surface area contributed by atoms with E-state index in [0.717, 1.165) is 22.4 Å². The van der Waals surface area contributed by atoms with Crippen LogP contribution in [-0.2, 0) is 17.8 Å². The van der Waals surface area contributed by atoms with Gasteiger partial charge in [-0.2, -0.15) is 0 Å². The lowest BCUT2D eigenvalue weighted by Crippen LogP contribution is -2.36. The van der Waals surface area contributed by atoms with Gasteiger partial charge in [-0.15, -0.1) is 0 Å². The van der Waals surface area contributed by atoms with Crippen LogP contribution in [0, 0.1) is 19.7 Å². The van der Waals surface area contributed by atoms with Crippen molar-refractivity contribution in [3.05, 3.63) is 64.5 Å². The van der Waals surface area contributed by atoms with Gasteiger partial charge >= 0.3 is 0 Å². The second-order valence-electron chi connectivity index (χ2n) is 6.32. The number of benzene rings is 2. The molecule has 0 unspecified atom stereocenters. The van der Waals surface area contributed by atoms with E-state index in [9.17, 15) is 4.39 Å². The predicted molar refractivity (Wildman–Crippen MR) is 107 cm³/mol. The number of nitrogens with zero attached hydrogens (tertiary/aromatic N) is 1. The largest absolute Gasteiger partial charge is 0.491 e. The van der Waals surface area contributed by atoms with Crippen molar-refractivity contribution < 1.29 is 13.9 Å². The molecule has 27 heavy (non-hydrogen) atoms. The maximum absolute atomic E-state index is 13.7. The molecular formula is C21H28FN3O2. The Morgan fingerprint density at radius 2 is 1.81 bits per heavy atom. The first-order chi connectivity index (χ1) is 13.0. The van der Waals surface area contributed by atoms with Gasteiger partial charge < -0.3 is 20.1 Å². The van der Waals surface area contributed by atoms with Gasteiger partial charge in [-0.3, -0.25) is 4.99 Å². The number of ether oxygens (including phenoxy) is 2. The Morgan fingerprint density at radius 3 is 2.52 bits per heavy atom. The molecule has 2 rings (SSSR count). The molecule has 0 spiro atoms. The number of hydrogen-bond acceptors (Lipinski definition) is 3. The minimum Gasteiger partial charge on any atom is -0.491 e. The van der Waals surface area contributed by atoms with E-state index in [1.807, 2.05) is 31.2 Å². The molecule has 146 valence electrons. The minimum atomic E-state index is -0.199. The highest BCUT2D eigenvalue weighted by molar-refractivity contribution is 5.79. The van der Waals surface area contributed by atoms with E-state index < -0.39 is 0 Å². The molecule has 0 aliphatic heterocycles. The summed E-state index contributed by atoms with van der Waals surface area (Å²) in [6.07, 6.45) is 0. The van der Waals surface area contributed by atoms with E-state index in [2.05, 4.69) is 15.6 Å². The Morgan fingerprint density at radius 1 is 1.04 bits per heavy atom. The summed E-state index contributed by atoms with van der Waals surface area (Å²) in [6, 6.07) is 11.3. The molecule has 2 N–H and O–H groups in total. The van der Waals surface area contributed by atoms with Crippen molar-refractivity contribution in [2.75, 3.05) is 27.4 Å². The van der Waals surface area contributed by atoms with Crippen LogP contribution >= 0.6 is 0 Å². The van der Waals surface area contributed by atoms with Crippen molar-refractivity contribution in [1.82, 2.24) is 10.6 Å². The van der Waals surface area contributed by atoms with Crippen LogP contribution in [0.15, 0.2) is 41.4 Å². The molecular weight excluding hydrogens is 345 g/mol.